The number of hydrogen-bond acceptors (Lipinski definition) is 5. The summed E-state index contributed by atoms with van der Waals surface area (Å²) in [6.45, 7) is 4.34. The van der Waals surface area contributed by atoms with E-state index in [0.717, 1.165) is 5.69 Å². The summed E-state index contributed by atoms with van der Waals surface area (Å²) in [6.07, 6.45) is 3.54. The van der Waals surface area contributed by atoms with E-state index in [-0.39, 0.29) is 11.7 Å². The maximum Gasteiger partial charge on any atom is 0.311 e. The van der Waals surface area contributed by atoms with E-state index in [1.165, 1.54) is 6.07 Å². The molecular weight excluding hydrogens is 246 g/mol. The summed E-state index contributed by atoms with van der Waals surface area (Å²) >= 11 is 0. The van der Waals surface area contributed by atoms with Gasteiger partial charge in [-0.05, 0) is 26.0 Å². The van der Waals surface area contributed by atoms with Crippen molar-refractivity contribution in [2.24, 2.45) is 0 Å². The number of nitrogens with one attached hydrogen (secondary N) is 1. The molecule has 2 heterocycles. The fourth-order valence-electron chi connectivity index (χ4n) is 1.77. The molecule has 0 saturated heterocycles. The first kappa shape index (κ1) is 13.0. The molecule has 0 fully saturated rings. The van der Waals surface area contributed by atoms with Crippen molar-refractivity contribution >= 4 is 11.5 Å². The zero-order valence-corrected chi connectivity index (χ0v) is 10.8. The standard InChI is InChI=1S/C12H15N5O2/c1-9-4-5-11(17(18)19)12(14-9)15-10(2)8-16-7-3-6-13-16/h3-7,10H,8H2,1-2H3,(H,14,15). The lowest BCUT2D eigenvalue weighted by Gasteiger charge is -2.14. The number of pyridine rings is 1. The van der Waals surface area contributed by atoms with E-state index < -0.39 is 4.92 Å². The van der Waals surface area contributed by atoms with Crippen molar-refractivity contribution < 1.29 is 4.92 Å². The van der Waals surface area contributed by atoms with Crippen molar-refractivity contribution in [1.29, 1.82) is 0 Å². The Morgan fingerprint density at radius 1 is 1.53 bits per heavy atom. The Morgan fingerprint density at radius 3 is 2.95 bits per heavy atom. The molecule has 1 N–H and O–H groups in total. The second-order valence-electron chi connectivity index (χ2n) is 4.35. The minimum absolute atomic E-state index is 0.0158. The average Bonchev–Trinajstić information content (AvgIpc) is 2.81. The van der Waals surface area contributed by atoms with Crippen LogP contribution < -0.4 is 5.32 Å². The molecule has 1 unspecified atom stereocenters. The van der Waals surface area contributed by atoms with Crippen molar-refractivity contribution in [3.8, 4) is 0 Å². The minimum atomic E-state index is -0.435. The molecule has 7 nitrogen and oxygen atoms in total. The van der Waals surface area contributed by atoms with Gasteiger partial charge in [0.15, 0.2) is 0 Å². The number of rotatable bonds is 5. The highest BCUT2D eigenvalue weighted by Gasteiger charge is 2.17. The van der Waals surface area contributed by atoms with E-state index in [1.54, 1.807) is 23.9 Å². The first-order chi connectivity index (χ1) is 9.06. The van der Waals surface area contributed by atoms with Crippen LogP contribution in [0.5, 0.6) is 0 Å². The molecule has 100 valence electrons. The molecule has 2 aromatic rings. The van der Waals surface area contributed by atoms with Crippen molar-refractivity contribution in [2.45, 2.75) is 26.4 Å². The Morgan fingerprint density at radius 2 is 2.32 bits per heavy atom. The third kappa shape index (κ3) is 3.27. The quantitative estimate of drug-likeness (QED) is 0.657. The van der Waals surface area contributed by atoms with E-state index in [4.69, 9.17) is 0 Å². The van der Waals surface area contributed by atoms with Crippen LogP contribution in [-0.4, -0.2) is 25.7 Å². The molecule has 7 heteroatoms. The van der Waals surface area contributed by atoms with Crippen LogP contribution in [0.4, 0.5) is 11.5 Å². The summed E-state index contributed by atoms with van der Waals surface area (Å²) in [5.41, 5.74) is 0.720. The summed E-state index contributed by atoms with van der Waals surface area (Å²) < 4.78 is 1.76. The van der Waals surface area contributed by atoms with Gasteiger partial charge in [0.1, 0.15) is 0 Å². The van der Waals surface area contributed by atoms with Gasteiger partial charge in [0.05, 0.1) is 11.5 Å². The monoisotopic (exact) mass is 261 g/mol. The SMILES string of the molecule is Cc1ccc([N+](=O)[O-])c(NC(C)Cn2cccn2)n1. The first-order valence-electron chi connectivity index (χ1n) is 5.92. The second-order valence-corrected chi connectivity index (χ2v) is 4.35. The summed E-state index contributed by atoms with van der Waals surface area (Å²) in [5.74, 6) is 0.296. The first-order valence-corrected chi connectivity index (χ1v) is 5.92. The summed E-state index contributed by atoms with van der Waals surface area (Å²) in [5, 5.41) is 18.1. The summed E-state index contributed by atoms with van der Waals surface area (Å²) in [7, 11) is 0. The van der Waals surface area contributed by atoms with Crippen LogP contribution in [0.1, 0.15) is 12.6 Å². The van der Waals surface area contributed by atoms with E-state index in [0.29, 0.717) is 12.4 Å². The van der Waals surface area contributed by atoms with Crippen molar-refractivity contribution in [3.05, 3.63) is 46.4 Å². The lowest BCUT2D eigenvalue weighted by molar-refractivity contribution is -0.384. The molecule has 0 aromatic carbocycles. The van der Waals surface area contributed by atoms with Crippen LogP contribution >= 0.6 is 0 Å². The maximum atomic E-state index is 10.9. The van der Waals surface area contributed by atoms with Gasteiger partial charge in [-0.25, -0.2) is 4.98 Å². The van der Waals surface area contributed by atoms with Gasteiger partial charge in [-0.2, -0.15) is 5.10 Å². The van der Waals surface area contributed by atoms with Gasteiger partial charge in [-0.3, -0.25) is 14.8 Å². The zero-order valence-electron chi connectivity index (χ0n) is 10.8. The molecule has 0 aliphatic heterocycles. The molecular formula is C12H15N5O2. The third-order valence-corrected chi connectivity index (χ3v) is 2.61. The number of nitro groups is 1. The lowest BCUT2D eigenvalue weighted by Crippen LogP contribution is -2.23. The maximum absolute atomic E-state index is 10.9. The highest BCUT2D eigenvalue weighted by atomic mass is 16.6. The summed E-state index contributed by atoms with van der Waals surface area (Å²) in [4.78, 5) is 14.7. The molecule has 0 saturated carbocycles. The molecule has 2 rings (SSSR count). The normalized spacial score (nSPS) is 12.1. The predicted octanol–water partition coefficient (Wildman–Crippen LogP) is 2.00. The molecule has 0 spiro atoms. The Balaban J connectivity index is 2.13. The fraction of sp³-hybridized carbons (Fsp3) is 0.333. The lowest BCUT2D eigenvalue weighted by atomic mass is 10.3. The van der Waals surface area contributed by atoms with Crippen molar-refractivity contribution in [3.63, 3.8) is 0 Å². The molecule has 0 radical (unpaired) electrons. The molecule has 0 amide bonds. The third-order valence-electron chi connectivity index (χ3n) is 2.61. The Bertz CT molecular complexity index is 568. The van der Waals surface area contributed by atoms with Crippen LogP contribution in [0, 0.1) is 17.0 Å². The minimum Gasteiger partial charge on any atom is -0.360 e. The Kier molecular flexibility index (Phi) is 3.74. The number of anilines is 1. The topological polar surface area (TPSA) is 85.9 Å². The van der Waals surface area contributed by atoms with E-state index in [9.17, 15) is 10.1 Å². The molecule has 0 bridgehead atoms. The molecule has 0 aliphatic carbocycles. The second kappa shape index (κ2) is 5.47. The van der Waals surface area contributed by atoms with Crippen molar-refractivity contribution in [2.75, 3.05) is 5.32 Å². The molecule has 0 aliphatic rings. The van der Waals surface area contributed by atoms with Gasteiger partial charge in [0.25, 0.3) is 0 Å². The van der Waals surface area contributed by atoms with E-state index >= 15 is 0 Å². The predicted molar refractivity (Wildman–Crippen MR) is 70.9 cm³/mol. The number of hydrogen-bond donors (Lipinski definition) is 1. The average molecular weight is 261 g/mol. The van der Waals surface area contributed by atoms with Gasteiger partial charge >= 0.3 is 5.69 Å². The van der Waals surface area contributed by atoms with Crippen LogP contribution in [0.25, 0.3) is 0 Å². The molecule has 19 heavy (non-hydrogen) atoms. The van der Waals surface area contributed by atoms with Crippen LogP contribution in [0.3, 0.4) is 0 Å². The smallest absolute Gasteiger partial charge is 0.311 e. The van der Waals surface area contributed by atoms with Gasteiger partial charge in [-0.1, -0.05) is 0 Å². The largest absolute Gasteiger partial charge is 0.360 e. The fourth-order valence-corrected chi connectivity index (χ4v) is 1.77. The molecule has 2 aromatic heterocycles. The van der Waals surface area contributed by atoms with E-state index in [1.807, 2.05) is 19.2 Å². The van der Waals surface area contributed by atoms with Gasteiger partial charge in [-0.15, -0.1) is 0 Å². The van der Waals surface area contributed by atoms with Crippen LogP contribution in [0.2, 0.25) is 0 Å². The van der Waals surface area contributed by atoms with Crippen LogP contribution in [0.15, 0.2) is 30.6 Å². The van der Waals surface area contributed by atoms with Crippen molar-refractivity contribution in [1.82, 2.24) is 14.8 Å². The highest BCUT2D eigenvalue weighted by Crippen LogP contribution is 2.22. The zero-order chi connectivity index (χ0) is 13.8. The van der Waals surface area contributed by atoms with E-state index in [2.05, 4.69) is 15.4 Å². The summed E-state index contributed by atoms with van der Waals surface area (Å²) in [6, 6.07) is 4.90. The highest BCUT2D eigenvalue weighted by molar-refractivity contribution is 5.56. The van der Waals surface area contributed by atoms with Gasteiger partial charge in [0, 0.05) is 30.2 Å². The number of aryl methyl sites for hydroxylation is 1. The van der Waals surface area contributed by atoms with Gasteiger partial charge in [0.2, 0.25) is 5.82 Å². The Labute approximate surface area is 110 Å². The number of aromatic nitrogens is 3. The van der Waals surface area contributed by atoms with Gasteiger partial charge < -0.3 is 5.32 Å². The number of nitrogens with zero attached hydrogens (tertiary/aromatic N) is 4. The van der Waals surface area contributed by atoms with Crippen LogP contribution in [-0.2, 0) is 6.54 Å². The molecule has 1 atom stereocenters. The Hall–Kier alpha value is -2.44.